The summed E-state index contributed by atoms with van der Waals surface area (Å²) in [6.45, 7) is 9.10. The van der Waals surface area contributed by atoms with Gasteiger partial charge in [-0.25, -0.2) is 9.18 Å². The molecule has 1 aromatic rings. The van der Waals surface area contributed by atoms with E-state index < -0.39 is 0 Å². The molecule has 1 atom stereocenters. The lowest BCUT2D eigenvalue weighted by molar-refractivity contribution is 0.131. The van der Waals surface area contributed by atoms with Gasteiger partial charge < -0.3 is 10.2 Å². The second kappa shape index (κ2) is 9.33. The summed E-state index contributed by atoms with van der Waals surface area (Å²) in [5.74, 6) is -0.200. The van der Waals surface area contributed by atoms with Crippen LogP contribution in [0.2, 0.25) is 0 Å². The van der Waals surface area contributed by atoms with Crippen molar-refractivity contribution in [1.82, 2.24) is 20.0 Å². The van der Waals surface area contributed by atoms with Crippen molar-refractivity contribution in [2.24, 2.45) is 0 Å². The minimum Gasteiger partial charge on any atom is -0.337 e. The molecule has 0 aromatic heterocycles. The number of piperazine rings is 1. The van der Waals surface area contributed by atoms with Crippen molar-refractivity contribution in [2.75, 3.05) is 45.8 Å². The van der Waals surface area contributed by atoms with E-state index in [1.54, 1.807) is 0 Å². The first kappa shape index (κ1) is 19.1. The Morgan fingerprint density at radius 1 is 1.12 bits per heavy atom. The highest BCUT2D eigenvalue weighted by Crippen LogP contribution is 2.15. The largest absolute Gasteiger partial charge is 0.337 e. The lowest BCUT2D eigenvalue weighted by Crippen LogP contribution is -2.52. The molecular formula is C20H31FN4O. The summed E-state index contributed by atoms with van der Waals surface area (Å²) in [6.07, 6.45) is 3.87. The fraction of sp³-hybridized carbons (Fsp3) is 0.650. The number of amides is 2. The lowest BCUT2D eigenvalue weighted by atomic mass is 10.0. The zero-order valence-electron chi connectivity index (χ0n) is 15.8. The molecular weight excluding hydrogens is 331 g/mol. The maximum absolute atomic E-state index is 13.0. The molecule has 0 spiro atoms. The van der Waals surface area contributed by atoms with Crippen molar-refractivity contribution < 1.29 is 9.18 Å². The molecule has 6 heteroatoms. The van der Waals surface area contributed by atoms with Crippen molar-refractivity contribution in [2.45, 2.75) is 38.8 Å². The monoisotopic (exact) mass is 362 g/mol. The minimum atomic E-state index is -0.200. The van der Waals surface area contributed by atoms with Gasteiger partial charge in [-0.1, -0.05) is 18.6 Å². The Labute approximate surface area is 156 Å². The van der Waals surface area contributed by atoms with Crippen molar-refractivity contribution in [3.05, 3.63) is 35.6 Å². The number of hydrogen-bond donors (Lipinski definition) is 1. The summed E-state index contributed by atoms with van der Waals surface area (Å²) in [7, 11) is 0. The summed E-state index contributed by atoms with van der Waals surface area (Å²) in [4.78, 5) is 19.1. The average Bonchev–Trinajstić information content (AvgIpc) is 2.66. The number of rotatable bonds is 5. The number of likely N-dealkylation sites (tertiary alicyclic amines) is 1. The molecule has 2 saturated heterocycles. The quantitative estimate of drug-likeness (QED) is 0.875. The van der Waals surface area contributed by atoms with Crippen LogP contribution in [0.1, 0.15) is 31.7 Å². The number of piperidine rings is 1. The maximum Gasteiger partial charge on any atom is 0.317 e. The predicted molar refractivity (Wildman–Crippen MR) is 102 cm³/mol. The number of carbonyl (C=O) groups excluding carboxylic acids is 1. The van der Waals surface area contributed by atoms with Gasteiger partial charge in [0.15, 0.2) is 0 Å². The highest BCUT2D eigenvalue weighted by atomic mass is 19.1. The number of benzene rings is 1. The van der Waals surface area contributed by atoms with Crippen molar-refractivity contribution in [3.63, 3.8) is 0 Å². The van der Waals surface area contributed by atoms with Crippen LogP contribution in [0.3, 0.4) is 0 Å². The molecule has 2 amide bonds. The first-order chi connectivity index (χ1) is 12.6. The van der Waals surface area contributed by atoms with E-state index in [0.717, 1.165) is 57.9 Å². The summed E-state index contributed by atoms with van der Waals surface area (Å²) < 4.78 is 13.0. The minimum absolute atomic E-state index is 0.0519. The molecule has 1 N–H and O–H groups in total. The third kappa shape index (κ3) is 5.42. The molecule has 0 radical (unpaired) electrons. The van der Waals surface area contributed by atoms with Gasteiger partial charge in [-0.2, -0.15) is 0 Å². The number of carbonyl (C=O) groups is 1. The van der Waals surface area contributed by atoms with Gasteiger partial charge in [0, 0.05) is 51.9 Å². The van der Waals surface area contributed by atoms with Crippen molar-refractivity contribution in [1.29, 1.82) is 0 Å². The SMILES string of the molecule is C[C@H]1CCCCN1CCNC(=O)N1CCN(Cc2ccc(F)cc2)CC1. The molecule has 26 heavy (non-hydrogen) atoms. The fourth-order valence-corrected chi connectivity index (χ4v) is 3.87. The smallest absolute Gasteiger partial charge is 0.317 e. The van der Waals surface area contributed by atoms with Crippen LogP contribution in [-0.2, 0) is 6.54 Å². The third-order valence-electron chi connectivity index (χ3n) is 5.59. The van der Waals surface area contributed by atoms with Crippen LogP contribution in [0.15, 0.2) is 24.3 Å². The third-order valence-corrected chi connectivity index (χ3v) is 5.59. The van der Waals surface area contributed by atoms with Gasteiger partial charge in [0.25, 0.3) is 0 Å². The van der Waals surface area contributed by atoms with Gasteiger partial charge in [0.1, 0.15) is 5.82 Å². The van der Waals surface area contributed by atoms with Gasteiger partial charge in [-0.05, 0) is 44.0 Å². The molecule has 2 fully saturated rings. The highest BCUT2D eigenvalue weighted by Gasteiger charge is 2.22. The predicted octanol–water partition coefficient (Wildman–Crippen LogP) is 2.53. The number of hydrogen-bond acceptors (Lipinski definition) is 3. The molecule has 0 saturated carbocycles. The van der Waals surface area contributed by atoms with Gasteiger partial charge >= 0.3 is 6.03 Å². The highest BCUT2D eigenvalue weighted by molar-refractivity contribution is 5.74. The molecule has 1 aromatic carbocycles. The van der Waals surface area contributed by atoms with E-state index in [4.69, 9.17) is 0 Å². The molecule has 3 rings (SSSR count). The van der Waals surface area contributed by atoms with Crippen LogP contribution in [0.25, 0.3) is 0 Å². The Bertz CT molecular complexity index is 572. The molecule has 0 unspecified atom stereocenters. The van der Waals surface area contributed by atoms with Crippen LogP contribution in [0.5, 0.6) is 0 Å². The topological polar surface area (TPSA) is 38.8 Å². The maximum atomic E-state index is 13.0. The van der Waals surface area contributed by atoms with E-state index in [9.17, 15) is 9.18 Å². The Kier molecular flexibility index (Phi) is 6.86. The average molecular weight is 362 g/mol. The second-order valence-corrected chi connectivity index (χ2v) is 7.50. The van der Waals surface area contributed by atoms with Crippen LogP contribution >= 0.6 is 0 Å². The summed E-state index contributed by atoms with van der Waals surface area (Å²) in [6, 6.07) is 7.35. The Balaban J connectivity index is 1.34. The van der Waals surface area contributed by atoms with Crippen molar-refractivity contribution >= 4 is 6.03 Å². The summed E-state index contributed by atoms with van der Waals surface area (Å²) in [5.41, 5.74) is 1.11. The fourth-order valence-electron chi connectivity index (χ4n) is 3.87. The van der Waals surface area contributed by atoms with Crippen molar-refractivity contribution in [3.8, 4) is 0 Å². The van der Waals surface area contributed by atoms with E-state index in [1.807, 2.05) is 17.0 Å². The normalized spacial score (nSPS) is 22.4. The summed E-state index contributed by atoms with van der Waals surface area (Å²) >= 11 is 0. The van der Waals surface area contributed by atoms with E-state index >= 15 is 0 Å². The van der Waals surface area contributed by atoms with Crippen LogP contribution in [-0.4, -0.2) is 72.6 Å². The van der Waals surface area contributed by atoms with Gasteiger partial charge in [-0.3, -0.25) is 9.80 Å². The zero-order valence-corrected chi connectivity index (χ0v) is 15.8. The summed E-state index contributed by atoms with van der Waals surface area (Å²) in [5, 5.41) is 3.08. The molecule has 5 nitrogen and oxygen atoms in total. The Morgan fingerprint density at radius 3 is 2.54 bits per heavy atom. The number of nitrogens with zero attached hydrogens (tertiary/aromatic N) is 3. The van der Waals surface area contributed by atoms with Gasteiger partial charge in [-0.15, -0.1) is 0 Å². The molecule has 0 bridgehead atoms. The zero-order chi connectivity index (χ0) is 18.4. The van der Waals surface area contributed by atoms with Crippen LogP contribution in [0.4, 0.5) is 9.18 Å². The first-order valence-electron chi connectivity index (χ1n) is 9.85. The van der Waals surface area contributed by atoms with Gasteiger partial charge in [0.05, 0.1) is 0 Å². The molecule has 0 aliphatic carbocycles. The number of nitrogens with one attached hydrogen (secondary N) is 1. The van der Waals surface area contributed by atoms with Crippen LogP contribution in [0, 0.1) is 5.82 Å². The van der Waals surface area contributed by atoms with Gasteiger partial charge in [0.2, 0.25) is 0 Å². The lowest BCUT2D eigenvalue weighted by Gasteiger charge is -2.35. The number of urea groups is 1. The first-order valence-corrected chi connectivity index (χ1v) is 9.85. The standard InChI is InChI=1S/C20H31FN4O/c1-17-4-2-3-10-24(17)11-9-22-20(26)25-14-12-23(13-15-25)16-18-5-7-19(21)8-6-18/h5-8,17H,2-4,9-16H2,1H3,(H,22,26)/t17-/m0/s1. The molecule has 2 aliphatic rings. The Hall–Kier alpha value is -1.66. The van der Waals surface area contributed by atoms with E-state index in [0.29, 0.717) is 6.04 Å². The number of halogens is 1. The Morgan fingerprint density at radius 2 is 1.85 bits per heavy atom. The van der Waals surface area contributed by atoms with E-state index in [-0.39, 0.29) is 11.8 Å². The molecule has 2 aliphatic heterocycles. The van der Waals surface area contributed by atoms with E-state index in [2.05, 4.69) is 22.0 Å². The van der Waals surface area contributed by atoms with E-state index in [1.165, 1.54) is 31.4 Å². The molecule has 144 valence electrons. The molecule has 2 heterocycles. The van der Waals surface area contributed by atoms with Crippen LogP contribution < -0.4 is 5.32 Å². The second-order valence-electron chi connectivity index (χ2n) is 7.50.